The topological polar surface area (TPSA) is 113 Å². The number of aromatic amines is 1. The van der Waals surface area contributed by atoms with Crippen molar-refractivity contribution in [2.75, 3.05) is 0 Å². The Morgan fingerprint density at radius 2 is 1.91 bits per heavy atom. The van der Waals surface area contributed by atoms with Gasteiger partial charge in [-0.3, -0.25) is 0 Å². The SMILES string of the molecule is N#CCC(=C\c1ccc2[nH]ccc2c1)/C(N)=C(\C#N)CC#N. The normalized spacial score (nSPS) is 12.1. The Morgan fingerprint density at radius 1 is 1.14 bits per heavy atom. The summed E-state index contributed by atoms with van der Waals surface area (Å²) in [7, 11) is 0. The first-order chi connectivity index (χ1) is 10.7. The summed E-state index contributed by atoms with van der Waals surface area (Å²) in [6.07, 6.45) is 3.64. The Labute approximate surface area is 128 Å². The monoisotopic (exact) mass is 287 g/mol. The van der Waals surface area contributed by atoms with Crippen molar-refractivity contribution in [2.24, 2.45) is 5.73 Å². The molecule has 0 spiro atoms. The van der Waals surface area contributed by atoms with Crippen LogP contribution >= 0.6 is 0 Å². The zero-order chi connectivity index (χ0) is 15.9. The van der Waals surface area contributed by atoms with Gasteiger partial charge in [-0.05, 0) is 40.8 Å². The molecule has 5 heteroatoms. The van der Waals surface area contributed by atoms with Crippen LogP contribution in [0.1, 0.15) is 18.4 Å². The predicted octanol–water partition coefficient (Wildman–Crippen LogP) is 3.12. The minimum absolute atomic E-state index is 0.0675. The fourth-order valence-corrected chi connectivity index (χ4v) is 2.14. The number of nitriles is 3. The van der Waals surface area contributed by atoms with E-state index in [1.165, 1.54) is 0 Å². The second-order valence-electron chi connectivity index (χ2n) is 4.67. The van der Waals surface area contributed by atoms with Crippen molar-refractivity contribution < 1.29 is 0 Å². The van der Waals surface area contributed by atoms with Crippen LogP contribution in [0.25, 0.3) is 17.0 Å². The molecule has 0 aliphatic rings. The first-order valence-electron chi connectivity index (χ1n) is 6.60. The van der Waals surface area contributed by atoms with Crippen LogP contribution in [-0.4, -0.2) is 4.98 Å². The van der Waals surface area contributed by atoms with E-state index < -0.39 is 0 Å². The Balaban J connectivity index is 2.49. The molecule has 0 aliphatic heterocycles. The number of allylic oxidation sites excluding steroid dienone is 2. The highest BCUT2D eigenvalue weighted by molar-refractivity contribution is 5.82. The summed E-state index contributed by atoms with van der Waals surface area (Å²) in [4.78, 5) is 3.11. The summed E-state index contributed by atoms with van der Waals surface area (Å²) in [5.41, 5.74) is 8.81. The second kappa shape index (κ2) is 6.79. The number of hydrogen-bond donors (Lipinski definition) is 2. The molecule has 1 aromatic heterocycles. The van der Waals surface area contributed by atoms with Gasteiger partial charge in [-0.1, -0.05) is 6.07 Å². The first-order valence-corrected chi connectivity index (χ1v) is 6.60. The molecular formula is C17H13N5. The Bertz CT molecular complexity index is 878. The highest BCUT2D eigenvalue weighted by Gasteiger charge is 2.09. The lowest BCUT2D eigenvalue weighted by Gasteiger charge is -2.06. The van der Waals surface area contributed by atoms with Gasteiger partial charge in [0, 0.05) is 11.7 Å². The number of nitrogens with one attached hydrogen (secondary N) is 1. The Morgan fingerprint density at radius 3 is 2.59 bits per heavy atom. The van der Waals surface area contributed by atoms with Gasteiger partial charge in [0.15, 0.2) is 0 Å². The summed E-state index contributed by atoms with van der Waals surface area (Å²) in [5.74, 6) is 0. The van der Waals surface area contributed by atoms with Gasteiger partial charge in [0.05, 0.1) is 42.3 Å². The van der Waals surface area contributed by atoms with E-state index in [0.717, 1.165) is 16.5 Å². The van der Waals surface area contributed by atoms with Crippen LogP contribution in [0, 0.1) is 34.0 Å². The minimum Gasteiger partial charge on any atom is -0.398 e. The highest BCUT2D eigenvalue weighted by Crippen LogP contribution is 2.21. The van der Waals surface area contributed by atoms with Crippen LogP contribution in [0.2, 0.25) is 0 Å². The van der Waals surface area contributed by atoms with Crippen molar-refractivity contribution in [3.8, 4) is 18.2 Å². The molecule has 0 unspecified atom stereocenters. The molecule has 1 heterocycles. The molecule has 0 atom stereocenters. The smallest absolute Gasteiger partial charge is 0.0979 e. The fraction of sp³-hybridized carbons (Fsp3) is 0.118. The number of nitrogens with two attached hydrogens (primary N) is 1. The van der Waals surface area contributed by atoms with Gasteiger partial charge < -0.3 is 10.7 Å². The molecule has 106 valence electrons. The number of aromatic nitrogens is 1. The third-order valence-corrected chi connectivity index (χ3v) is 3.25. The number of fused-ring (bicyclic) bond motifs is 1. The largest absolute Gasteiger partial charge is 0.398 e. The van der Waals surface area contributed by atoms with E-state index in [9.17, 15) is 0 Å². The van der Waals surface area contributed by atoms with E-state index in [1.807, 2.05) is 48.7 Å². The van der Waals surface area contributed by atoms with E-state index in [4.69, 9.17) is 21.5 Å². The van der Waals surface area contributed by atoms with Crippen molar-refractivity contribution in [2.45, 2.75) is 12.8 Å². The van der Waals surface area contributed by atoms with Crippen LogP contribution < -0.4 is 5.73 Å². The van der Waals surface area contributed by atoms with Gasteiger partial charge in [-0.25, -0.2) is 0 Å². The number of benzene rings is 1. The average molecular weight is 287 g/mol. The minimum atomic E-state index is -0.0675. The van der Waals surface area contributed by atoms with E-state index in [0.29, 0.717) is 5.57 Å². The summed E-state index contributed by atoms with van der Waals surface area (Å²) in [6, 6.07) is 13.6. The molecule has 0 radical (unpaired) electrons. The first kappa shape index (κ1) is 14.9. The van der Waals surface area contributed by atoms with Crippen LogP contribution in [0.15, 0.2) is 47.3 Å². The van der Waals surface area contributed by atoms with Gasteiger partial charge in [0.2, 0.25) is 0 Å². The lowest BCUT2D eigenvalue weighted by molar-refractivity contribution is 1.13. The molecule has 0 saturated carbocycles. The molecule has 3 N–H and O–H groups in total. The third kappa shape index (κ3) is 3.15. The van der Waals surface area contributed by atoms with Crippen LogP contribution in [-0.2, 0) is 0 Å². The summed E-state index contributed by atoms with van der Waals surface area (Å²) in [6.45, 7) is 0. The quantitative estimate of drug-likeness (QED) is 0.664. The van der Waals surface area contributed by atoms with E-state index in [1.54, 1.807) is 6.08 Å². The number of nitrogens with zero attached hydrogens (tertiary/aromatic N) is 3. The van der Waals surface area contributed by atoms with E-state index in [2.05, 4.69) is 4.98 Å². The lowest BCUT2D eigenvalue weighted by Crippen LogP contribution is -2.05. The van der Waals surface area contributed by atoms with Crippen molar-refractivity contribution in [3.05, 3.63) is 52.9 Å². The molecule has 2 rings (SSSR count). The molecule has 0 bridgehead atoms. The number of H-pyrrole nitrogens is 1. The predicted molar refractivity (Wildman–Crippen MR) is 83.6 cm³/mol. The van der Waals surface area contributed by atoms with Gasteiger partial charge in [0.25, 0.3) is 0 Å². The van der Waals surface area contributed by atoms with Crippen molar-refractivity contribution in [1.82, 2.24) is 4.98 Å². The average Bonchev–Trinajstić information content (AvgIpc) is 2.99. The molecule has 2 aromatic rings. The molecule has 5 nitrogen and oxygen atoms in total. The van der Waals surface area contributed by atoms with E-state index >= 15 is 0 Å². The number of hydrogen-bond acceptors (Lipinski definition) is 4. The second-order valence-corrected chi connectivity index (χ2v) is 4.67. The molecule has 22 heavy (non-hydrogen) atoms. The van der Waals surface area contributed by atoms with Gasteiger partial charge in [0.1, 0.15) is 0 Å². The third-order valence-electron chi connectivity index (χ3n) is 3.25. The Kier molecular flexibility index (Phi) is 4.60. The molecule has 0 fully saturated rings. The highest BCUT2D eigenvalue weighted by atomic mass is 14.7. The Hall–Kier alpha value is -3.49. The van der Waals surface area contributed by atoms with Crippen LogP contribution in [0.3, 0.4) is 0 Å². The maximum Gasteiger partial charge on any atom is 0.0979 e. The van der Waals surface area contributed by atoms with Gasteiger partial charge >= 0.3 is 0 Å². The molecule has 0 aliphatic carbocycles. The van der Waals surface area contributed by atoms with E-state index in [-0.39, 0.29) is 24.1 Å². The summed E-state index contributed by atoms with van der Waals surface area (Å²) < 4.78 is 0. The maximum atomic E-state index is 9.07. The van der Waals surface area contributed by atoms with Crippen LogP contribution in [0.4, 0.5) is 0 Å². The zero-order valence-corrected chi connectivity index (χ0v) is 11.8. The number of rotatable bonds is 4. The zero-order valence-electron chi connectivity index (χ0n) is 11.8. The maximum absolute atomic E-state index is 9.07. The standard InChI is InChI=1S/C17H13N5/c18-6-3-14(17(21)15(11-20)4-7-19)10-12-1-2-16-13(9-12)5-8-22-16/h1-2,5,8-10,22H,3-4,21H2/b14-10+,17-15+. The molecular weight excluding hydrogens is 274 g/mol. The molecule has 0 saturated heterocycles. The van der Waals surface area contributed by atoms with Crippen molar-refractivity contribution >= 4 is 17.0 Å². The lowest BCUT2D eigenvalue weighted by atomic mass is 10.0. The van der Waals surface area contributed by atoms with Crippen molar-refractivity contribution in [3.63, 3.8) is 0 Å². The van der Waals surface area contributed by atoms with Gasteiger partial charge in [-0.15, -0.1) is 0 Å². The van der Waals surface area contributed by atoms with Crippen LogP contribution in [0.5, 0.6) is 0 Å². The van der Waals surface area contributed by atoms with Gasteiger partial charge in [-0.2, -0.15) is 15.8 Å². The summed E-state index contributed by atoms with van der Waals surface area (Å²) in [5, 5.41) is 27.8. The fourth-order valence-electron chi connectivity index (χ4n) is 2.14. The van der Waals surface area contributed by atoms with Crippen molar-refractivity contribution in [1.29, 1.82) is 15.8 Å². The summed E-state index contributed by atoms with van der Waals surface area (Å²) >= 11 is 0. The molecule has 1 aromatic carbocycles. The molecule has 0 amide bonds.